The lowest BCUT2D eigenvalue weighted by Gasteiger charge is -2.14. The minimum absolute atomic E-state index is 0.0876. The van der Waals surface area contributed by atoms with Crippen molar-refractivity contribution in [2.75, 3.05) is 17.7 Å². The minimum Gasteiger partial charge on any atom is -0.496 e. The maximum Gasteiger partial charge on any atom is 0.419 e. The Balaban J connectivity index is 1.69. The van der Waals surface area contributed by atoms with Crippen molar-refractivity contribution in [2.45, 2.75) is 13.1 Å². The van der Waals surface area contributed by atoms with Gasteiger partial charge in [0.05, 0.1) is 46.0 Å². The first kappa shape index (κ1) is 25.0. The number of anilines is 2. The molecule has 0 atom stereocenters. The van der Waals surface area contributed by atoms with Crippen LogP contribution in [0.5, 0.6) is 5.75 Å². The second-order valence-corrected chi connectivity index (χ2v) is 8.57. The Labute approximate surface area is 203 Å². The number of aromatic nitrogens is 2. The van der Waals surface area contributed by atoms with E-state index in [4.69, 9.17) is 4.74 Å². The van der Waals surface area contributed by atoms with Crippen LogP contribution < -0.4 is 15.4 Å². The second-order valence-electron chi connectivity index (χ2n) is 7.37. The van der Waals surface area contributed by atoms with Crippen molar-refractivity contribution in [1.82, 2.24) is 9.97 Å². The lowest BCUT2D eigenvalue weighted by atomic mass is 10.1. The Bertz CT molecular complexity index is 1500. The fourth-order valence-electron chi connectivity index (χ4n) is 3.43. The number of carbonyl (C=O) groups is 2. The van der Waals surface area contributed by atoms with Gasteiger partial charge in [-0.15, -0.1) is 11.3 Å². The molecule has 2 heterocycles. The van der Waals surface area contributed by atoms with Crippen molar-refractivity contribution in [3.63, 3.8) is 0 Å². The van der Waals surface area contributed by atoms with Crippen LogP contribution >= 0.6 is 11.3 Å². The summed E-state index contributed by atoms with van der Waals surface area (Å²) in [6.45, 7) is 1.75. The van der Waals surface area contributed by atoms with Crippen LogP contribution in [-0.2, 0) is 6.18 Å². The zero-order valence-corrected chi connectivity index (χ0v) is 19.3. The molecule has 0 spiro atoms. The number of halogens is 5. The number of amides is 2. The van der Waals surface area contributed by atoms with Gasteiger partial charge < -0.3 is 15.4 Å². The van der Waals surface area contributed by atoms with Crippen LogP contribution in [0.15, 0.2) is 42.7 Å². The van der Waals surface area contributed by atoms with E-state index >= 15 is 0 Å². The largest absolute Gasteiger partial charge is 0.496 e. The maximum absolute atomic E-state index is 14.6. The van der Waals surface area contributed by atoms with Gasteiger partial charge in [0.1, 0.15) is 22.7 Å². The van der Waals surface area contributed by atoms with Crippen LogP contribution in [0.25, 0.3) is 10.2 Å². The number of hydrogen-bond donors (Lipinski definition) is 2. The number of nitrogens with zero attached hydrogens (tertiary/aromatic N) is 2. The number of pyridine rings is 1. The lowest BCUT2D eigenvalue weighted by Crippen LogP contribution is -2.21. The van der Waals surface area contributed by atoms with E-state index in [-0.39, 0.29) is 17.0 Å². The summed E-state index contributed by atoms with van der Waals surface area (Å²) >= 11 is 1.22. The van der Waals surface area contributed by atoms with E-state index in [0.29, 0.717) is 33.6 Å². The SMILES string of the molecule is COc1ccc2nc(C)sc2c1C(=O)Nc1cncc(F)c1C(=O)Nc1ccc(F)c(C(F)(F)F)c1. The van der Waals surface area contributed by atoms with E-state index < -0.39 is 46.4 Å². The highest BCUT2D eigenvalue weighted by atomic mass is 32.1. The second kappa shape index (κ2) is 9.49. The number of benzene rings is 2. The highest BCUT2D eigenvalue weighted by Crippen LogP contribution is 2.34. The molecule has 4 rings (SSSR count). The molecule has 0 aliphatic carbocycles. The molecule has 0 bridgehead atoms. The fourth-order valence-corrected chi connectivity index (χ4v) is 4.38. The topological polar surface area (TPSA) is 93.2 Å². The number of thiazole rings is 1. The van der Waals surface area contributed by atoms with Crippen LogP contribution in [0.2, 0.25) is 0 Å². The molecule has 186 valence electrons. The third kappa shape index (κ3) is 4.82. The molecule has 0 radical (unpaired) electrons. The van der Waals surface area contributed by atoms with Crippen LogP contribution in [0, 0.1) is 18.6 Å². The van der Waals surface area contributed by atoms with E-state index in [2.05, 4.69) is 20.6 Å². The molecule has 0 saturated carbocycles. The number of hydrogen-bond acceptors (Lipinski definition) is 6. The molecule has 0 unspecified atom stereocenters. The standard InChI is InChI=1S/C23H15F5N4O3S/c1-10-30-15-5-6-17(35-2)19(20(15)36-10)22(34)32-16-9-29-8-14(25)18(16)21(33)31-11-3-4-13(24)12(7-11)23(26,27)28/h3-9H,1-2H3,(H,31,33)(H,32,34). The Hall–Kier alpha value is -4.13. The summed E-state index contributed by atoms with van der Waals surface area (Å²) in [6, 6.07) is 4.98. The summed E-state index contributed by atoms with van der Waals surface area (Å²) in [5.74, 6) is -4.44. The van der Waals surface area contributed by atoms with Gasteiger partial charge in [-0.25, -0.2) is 13.8 Å². The van der Waals surface area contributed by atoms with Gasteiger partial charge in [-0.1, -0.05) is 0 Å². The number of carbonyl (C=O) groups excluding carboxylic acids is 2. The van der Waals surface area contributed by atoms with Crippen molar-refractivity contribution in [3.8, 4) is 5.75 Å². The number of fused-ring (bicyclic) bond motifs is 1. The van der Waals surface area contributed by atoms with Crippen molar-refractivity contribution < 1.29 is 36.3 Å². The molecule has 36 heavy (non-hydrogen) atoms. The molecule has 0 aliphatic rings. The first-order valence-corrected chi connectivity index (χ1v) is 10.9. The van der Waals surface area contributed by atoms with Gasteiger partial charge in [-0.2, -0.15) is 13.2 Å². The number of aryl methyl sites for hydroxylation is 1. The zero-order chi connectivity index (χ0) is 26.2. The lowest BCUT2D eigenvalue weighted by molar-refractivity contribution is -0.139. The third-order valence-electron chi connectivity index (χ3n) is 4.98. The van der Waals surface area contributed by atoms with Crippen molar-refractivity contribution >= 4 is 44.7 Å². The molecule has 13 heteroatoms. The van der Waals surface area contributed by atoms with Crippen LogP contribution in [0.4, 0.5) is 33.3 Å². The number of nitrogens with one attached hydrogen (secondary N) is 2. The molecule has 2 N–H and O–H groups in total. The molecule has 0 fully saturated rings. The molecule has 0 saturated heterocycles. The first-order chi connectivity index (χ1) is 17.0. The summed E-state index contributed by atoms with van der Waals surface area (Å²) in [5, 5.41) is 5.18. The molecule has 4 aromatic rings. The summed E-state index contributed by atoms with van der Waals surface area (Å²) in [4.78, 5) is 34.0. The Morgan fingerprint density at radius 1 is 0.972 bits per heavy atom. The van der Waals surface area contributed by atoms with Crippen LogP contribution in [0.3, 0.4) is 0 Å². The summed E-state index contributed by atoms with van der Waals surface area (Å²) in [7, 11) is 1.35. The van der Waals surface area contributed by atoms with E-state index in [1.807, 2.05) is 0 Å². The predicted octanol–water partition coefficient (Wildman–Crippen LogP) is 5.81. The zero-order valence-electron chi connectivity index (χ0n) is 18.5. The van der Waals surface area contributed by atoms with Crippen molar-refractivity contribution in [1.29, 1.82) is 0 Å². The van der Waals surface area contributed by atoms with E-state index in [0.717, 1.165) is 12.3 Å². The van der Waals surface area contributed by atoms with Gasteiger partial charge in [0, 0.05) is 5.69 Å². The fraction of sp³-hybridized carbons (Fsp3) is 0.130. The highest BCUT2D eigenvalue weighted by Gasteiger charge is 2.34. The number of alkyl halides is 3. The molecule has 7 nitrogen and oxygen atoms in total. The smallest absolute Gasteiger partial charge is 0.419 e. The van der Waals surface area contributed by atoms with Crippen molar-refractivity contribution in [3.05, 3.63) is 76.1 Å². The van der Waals surface area contributed by atoms with E-state index in [1.54, 1.807) is 13.0 Å². The predicted molar refractivity (Wildman–Crippen MR) is 122 cm³/mol. The molecule has 2 aromatic carbocycles. The van der Waals surface area contributed by atoms with Gasteiger partial charge in [0.2, 0.25) is 0 Å². The third-order valence-corrected chi connectivity index (χ3v) is 5.98. The number of rotatable bonds is 5. The normalized spacial score (nSPS) is 11.4. The Morgan fingerprint density at radius 3 is 2.39 bits per heavy atom. The average Bonchev–Trinajstić information content (AvgIpc) is 3.18. The maximum atomic E-state index is 14.6. The molecular weight excluding hydrogens is 507 g/mol. The Kier molecular flexibility index (Phi) is 6.59. The van der Waals surface area contributed by atoms with Gasteiger partial charge in [0.15, 0.2) is 5.82 Å². The number of ether oxygens (including phenoxy) is 1. The van der Waals surface area contributed by atoms with Gasteiger partial charge in [-0.05, 0) is 37.3 Å². The quantitative estimate of drug-likeness (QED) is 0.323. The van der Waals surface area contributed by atoms with Crippen molar-refractivity contribution in [2.24, 2.45) is 0 Å². The molecule has 2 amide bonds. The van der Waals surface area contributed by atoms with Gasteiger partial charge in [0.25, 0.3) is 11.8 Å². The monoisotopic (exact) mass is 522 g/mol. The van der Waals surface area contributed by atoms with Gasteiger partial charge >= 0.3 is 6.18 Å². The molecule has 2 aromatic heterocycles. The summed E-state index contributed by atoms with van der Waals surface area (Å²) < 4.78 is 73.0. The van der Waals surface area contributed by atoms with E-state index in [9.17, 15) is 31.5 Å². The average molecular weight is 522 g/mol. The minimum atomic E-state index is -5.01. The molecule has 0 aliphatic heterocycles. The molecular formula is C23H15F5N4O3S. The Morgan fingerprint density at radius 2 is 1.69 bits per heavy atom. The van der Waals surface area contributed by atoms with Gasteiger partial charge in [-0.3, -0.25) is 14.6 Å². The van der Waals surface area contributed by atoms with E-state index in [1.165, 1.54) is 24.5 Å². The highest BCUT2D eigenvalue weighted by molar-refractivity contribution is 7.19. The summed E-state index contributed by atoms with van der Waals surface area (Å²) in [6.07, 6.45) is -3.31. The number of methoxy groups -OCH3 is 1. The summed E-state index contributed by atoms with van der Waals surface area (Å²) in [5.41, 5.74) is -2.48. The first-order valence-electron chi connectivity index (χ1n) is 10.1. The van der Waals surface area contributed by atoms with Crippen LogP contribution in [0.1, 0.15) is 31.3 Å². The van der Waals surface area contributed by atoms with Crippen LogP contribution in [-0.4, -0.2) is 28.9 Å².